The van der Waals surface area contributed by atoms with Crippen LogP contribution in [0.4, 0.5) is 0 Å². The number of nitrogens with zero attached hydrogens (tertiary/aromatic N) is 1. The van der Waals surface area contributed by atoms with Crippen LogP contribution in [0.15, 0.2) is 12.2 Å². The van der Waals surface area contributed by atoms with Gasteiger partial charge in [0, 0.05) is 6.54 Å². The first-order chi connectivity index (χ1) is 3.77. The van der Waals surface area contributed by atoms with Crippen molar-refractivity contribution < 1.29 is 5.11 Å². The molecule has 48 valence electrons. The predicted octanol–water partition coefficient (Wildman–Crippen LogP) is 0.0965. The van der Waals surface area contributed by atoms with Crippen LogP contribution in [0.1, 0.15) is 0 Å². The number of likely N-dealkylation sites (N-methyl/N-ethyl adjacent to an activating group) is 1. The smallest absolute Gasteiger partial charge is 0.0612 e. The Morgan fingerprint density at radius 1 is 1.38 bits per heavy atom. The molecule has 0 aromatic rings. The first kappa shape index (κ1) is 7.66. The minimum atomic E-state index is 0.147. The summed E-state index contributed by atoms with van der Waals surface area (Å²) >= 11 is 0. The Morgan fingerprint density at radius 2 is 2.00 bits per heavy atom. The Balaban J connectivity index is 3.03. The van der Waals surface area contributed by atoms with Gasteiger partial charge >= 0.3 is 0 Å². The van der Waals surface area contributed by atoms with E-state index in [1.807, 2.05) is 25.1 Å². The van der Waals surface area contributed by atoms with Gasteiger partial charge in [-0.1, -0.05) is 12.2 Å². The van der Waals surface area contributed by atoms with Crippen LogP contribution in [-0.2, 0) is 0 Å². The van der Waals surface area contributed by atoms with Gasteiger partial charge in [-0.25, -0.2) is 0 Å². The van der Waals surface area contributed by atoms with Crippen molar-refractivity contribution in [1.29, 1.82) is 0 Å². The van der Waals surface area contributed by atoms with Gasteiger partial charge in [0.1, 0.15) is 0 Å². The summed E-state index contributed by atoms with van der Waals surface area (Å²) in [4.78, 5) is 2.03. The Bertz CT molecular complexity index is 68.9. The van der Waals surface area contributed by atoms with Crippen LogP contribution in [0, 0.1) is 0 Å². The van der Waals surface area contributed by atoms with E-state index in [4.69, 9.17) is 5.11 Å². The molecule has 2 heteroatoms. The van der Waals surface area contributed by atoms with Crippen molar-refractivity contribution in [3.63, 3.8) is 0 Å². The van der Waals surface area contributed by atoms with Gasteiger partial charge in [0.25, 0.3) is 0 Å². The maximum absolute atomic E-state index is 8.27. The summed E-state index contributed by atoms with van der Waals surface area (Å²) in [5, 5.41) is 8.27. The molecule has 0 heterocycles. The van der Waals surface area contributed by atoms with Crippen molar-refractivity contribution in [2.24, 2.45) is 0 Å². The number of aliphatic hydroxyl groups excluding tert-OH is 1. The molecule has 0 aliphatic rings. The lowest BCUT2D eigenvalue weighted by molar-refractivity contribution is 0.341. The number of hydrogen-bond donors (Lipinski definition) is 1. The summed E-state index contributed by atoms with van der Waals surface area (Å²) in [7, 11) is 3.98. The maximum atomic E-state index is 8.27. The molecule has 0 fully saturated rings. The second-order valence-corrected chi connectivity index (χ2v) is 1.92. The molecule has 0 aliphatic heterocycles. The molecule has 0 saturated heterocycles. The molecule has 2 nitrogen and oxygen atoms in total. The minimum absolute atomic E-state index is 0.147. The predicted molar refractivity (Wildman–Crippen MR) is 34.8 cm³/mol. The third kappa shape index (κ3) is 5.66. The second kappa shape index (κ2) is 4.81. The van der Waals surface area contributed by atoms with Crippen LogP contribution in [0.25, 0.3) is 0 Å². The minimum Gasteiger partial charge on any atom is -0.392 e. The summed E-state index contributed by atoms with van der Waals surface area (Å²) in [6.07, 6.45) is 3.67. The van der Waals surface area contributed by atoms with Crippen LogP contribution in [-0.4, -0.2) is 37.3 Å². The Morgan fingerprint density at radius 3 is 2.38 bits per heavy atom. The topological polar surface area (TPSA) is 23.5 Å². The van der Waals surface area contributed by atoms with Crippen LogP contribution >= 0.6 is 0 Å². The fourth-order valence-electron chi connectivity index (χ4n) is 0.360. The average molecular weight is 115 g/mol. The summed E-state index contributed by atoms with van der Waals surface area (Å²) in [6.45, 7) is 1.05. The number of aliphatic hydroxyl groups is 1. The second-order valence-electron chi connectivity index (χ2n) is 1.92. The molecule has 0 aliphatic carbocycles. The van der Waals surface area contributed by atoms with E-state index >= 15 is 0 Å². The van der Waals surface area contributed by atoms with E-state index in [1.165, 1.54) is 0 Å². The lowest BCUT2D eigenvalue weighted by Crippen LogP contribution is -2.10. The Kier molecular flexibility index (Phi) is 4.61. The highest BCUT2D eigenvalue weighted by atomic mass is 16.2. The van der Waals surface area contributed by atoms with Gasteiger partial charge in [-0.3, -0.25) is 0 Å². The molecule has 0 aromatic heterocycles. The van der Waals surface area contributed by atoms with Crippen molar-refractivity contribution in [3.05, 3.63) is 12.2 Å². The lowest BCUT2D eigenvalue weighted by Gasteiger charge is -2.02. The Labute approximate surface area is 50.4 Å². The number of rotatable bonds is 3. The largest absolute Gasteiger partial charge is 0.392 e. The molecule has 0 spiro atoms. The summed E-state index contributed by atoms with van der Waals surface area (Å²) in [5.74, 6) is 0. The molecule has 0 saturated carbocycles. The molecule has 0 rings (SSSR count). The summed E-state index contributed by atoms with van der Waals surface area (Å²) < 4.78 is 0. The Hall–Kier alpha value is -0.340. The van der Waals surface area contributed by atoms with Gasteiger partial charge in [0.15, 0.2) is 0 Å². The van der Waals surface area contributed by atoms with E-state index in [2.05, 4.69) is 0 Å². The van der Waals surface area contributed by atoms with Gasteiger partial charge in [-0.2, -0.15) is 0 Å². The van der Waals surface area contributed by atoms with Crippen molar-refractivity contribution in [2.45, 2.75) is 0 Å². The molecular formula is C6H13NO. The lowest BCUT2D eigenvalue weighted by atomic mass is 10.5. The molecule has 0 unspecified atom stereocenters. The normalized spacial score (nSPS) is 11.5. The SMILES string of the molecule is CN(C)C/C=C/CO. The molecule has 0 radical (unpaired) electrons. The monoisotopic (exact) mass is 115 g/mol. The third-order valence-electron chi connectivity index (χ3n) is 0.743. The van der Waals surface area contributed by atoms with Crippen molar-refractivity contribution >= 4 is 0 Å². The van der Waals surface area contributed by atoms with Crippen molar-refractivity contribution in [2.75, 3.05) is 27.2 Å². The van der Waals surface area contributed by atoms with Crippen LogP contribution < -0.4 is 0 Å². The molecule has 0 atom stereocenters. The molecule has 8 heavy (non-hydrogen) atoms. The molecular weight excluding hydrogens is 102 g/mol. The highest BCUT2D eigenvalue weighted by Gasteiger charge is 1.78. The zero-order valence-electron chi connectivity index (χ0n) is 5.46. The van der Waals surface area contributed by atoms with Gasteiger partial charge in [-0.15, -0.1) is 0 Å². The molecule has 1 N–H and O–H groups in total. The maximum Gasteiger partial charge on any atom is 0.0612 e. The molecule has 0 bridgehead atoms. The van der Waals surface area contributed by atoms with Gasteiger partial charge < -0.3 is 10.0 Å². The highest BCUT2D eigenvalue weighted by Crippen LogP contribution is 1.74. The zero-order valence-corrected chi connectivity index (χ0v) is 5.46. The van der Waals surface area contributed by atoms with Gasteiger partial charge in [-0.05, 0) is 14.1 Å². The number of hydrogen-bond acceptors (Lipinski definition) is 2. The molecule has 0 amide bonds. The first-order valence-corrected chi connectivity index (χ1v) is 2.68. The summed E-state index contributed by atoms with van der Waals surface area (Å²) in [6, 6.07) is 0. The van der Waals surface area contributed by atoms with Gasteiger partial charge in [0.05, 0.1) is 6.61 Å². The van der Waals surface area contributed by atoms with Crippen LogP contribution in [0.5, 0.6) is 0 Å². The fourth-order valence-corrected chi connectivity index (χ4v) is 0.360. The molecule has 0 aromatic carbocycles. The fraction of sp³-hybridized carbons (Fsp3) is 0.667. The summed E-state index contributed by atoms with van der Waals surface area (Å²) in [5.41, 5.74) is 0. The zero-order chi connectivity index (χ0) is 6.41. The average Bonchev–Trinajstić information content (AvgIpc) is 1.66. The van der Waals surface area contributed by atoms with Crippen molar-refractivity contribution in [1.82, 2.24) is 4.90 Å². The van der Waals surface area contributed by atoms with Crippen LogP contribution in [0.2, 0.25) is 0 Å². The quantitative estimate of drug-likeness (QED) is 0.527. The van der Waals surface area contributed by atoms with E-state index in [0.717, 1.165) is 6.54 Å². The van der Waals surface area contributed by atoms with Crippen LogP contribution in [0.3, 0.4) is 0 Å². The van der Waals surface area contributed by atoms with Gasteiger partial charge in [0.2, 0.25) is 0 Å². The first-order valence-electron chi connectivity index (χ1n) is 2.68. The standard InChI is InChI=1S/C6H13NO/c1-7(2)5-3-4-6-8/h3-4,8H,5-6H2,1-2H3/b4-3+. The van der Waals surface area contributed by atoms with E-state index in [9.17, 15) is 0 Å². The van der Waals surface area contributed by atoms with E-state index in [-0.39, 0.29) is 6.61 Å². The van der Waals surface area contributed by atoms with E-state index in [1.54, 1.807) is 6.08 Å². The van der Waals surface area contributed by atoms with Crippen molar-refractivity contribution in [3.8, 4) is 0 Å². The highest BCUT2D eigenvalue weighted by molar-refractivity contribution is 4.82. The van der Waals surface area contributed by atoms with E-state index < -0.39 is 0 Å². The van der Waals surface area contributed by atoms with E-state index in [0.29, 0.717) is 0 Å². The third-order valence-corrected chi connectivity index (χ3v) is 0.743.